The summed E-state index contributed by atoms with van der Waals surface area (Å²) in [5.41, 5.74) is 7.29. The van der Waals surface area contributed by atoms with Crippen molar-refractivity contribution in [1.29, 1.82) is 0 Å². The molecule has 0 spiro atoms. The predicted molar refractivity (Wildman–Crippen MR) is 78.2 cm³/mol. The van der Waals surface area contributed by atoms with Crippen molar-refractivity contribution in [2.45, 2.75) is 6.61 Å². The van der Waals surface area contributed by atoms with Gasteiger partial charge in [-0.3, -0.25) is 0 Å². The highest BCUT2D eigenvalue weighted by Crippen LogP contribution is 2.32. The number of hydrogen-bond donors (Lipinski definition) is 1. The fourth-order valence-electron chi connectivity index (χ4n) is 1.64. The lowest BCUT2D eigenvalue weighted by atomic mass is 10.2. The van der Waals surface area contributed by atoms with Crippen LogP contribution in [0.15, 0.2) is 36.4 Å². The zero-order valence-corrected chi connectivity index (χ0v) is 11.8. The van der Waals surface area contributed by atoms with Crippen LogP contribution in [0.5, 0.6) is 11.5 Å². The minimum absolute atomic E-state index is 0.335. The summed E-state index contributed by atoms with van der Waals surface area (Å²) in [5.74, 6) is 1.23. The lowest BCUT2D eigenvalue weighted by Gasteiger charge is -2.10. The van der Waals surface area contributed by atoms with Gasteiger partial charge < -0.3 is 15.2 Å². The van der Waals surface area contributed by atoms with E-state index in [0.29, 0.717) is 33.8 Å². The van der Waals surface area contributed by atoms with Crippen LogP contribution in [0.25, 0.3) is 0 Å². The van der Waals surface area contributed by atoms with Crippen molar-refractivity contribution < 1.29 is 9.47 Å². The highest BCUT2D eigenvalue weighted by Gasteiger charge is 2.06. The molecule has 0 fully saturated rings. The molecule has 5 heteroatoms. The summed E-state index contributed by atoms with van der Waals surface area (Å²) in [6.45, 7) is 0.335. The van der Waals surface area contributed by atoms with Gasteiger partial charge in [-0.1, -0.05) is 29.3 Å². The lowest BCUT2D eigenvalue weighted by Crippen LogP contribution is -1.98. The summed E-state index contributed by atoms with van der Waals surface area (Å²) in [5, 5.41) is 0.865. The third-order valence-electron chi connectivity index (χ3n) is 2.53. The summed E-state index contributed by atoms with van der Waals surface area (Å²) in [6.07, 6.45) is 0. The third-order valence-corrected chi connectivity index (χ3v) is 3.34. The molecule has 0 heterocycles. The number of hydrogen-bond acceptors (Lipinski definition) is 3. The summed E-state index contributed by atoms with van der Waals surface area (Å²) < 4.78 is 10.8. The van der Waals surface area contributed by atoms with Crippen molar-refractivity contribution >= 4 is 28.9 Å². The maximum atomic E-state index is 6.04. The van der Waals surface area contributed by atoms with Crippen molar-refractivity contribution in [3.05, 3.63) is 52.0 Å². The van der Waals surface area contributed by atoms with Crippen LogP contribution < -0.4 is 15.2 Å². The van der Waals surface area contributed by atoms with Crippen molar-refractivity contribution in [2.24, 2.45) is 0 Å². The van der Waals surface area contributed by atoms with Crippen LogP contribution in [-0.2, 0) is 6.61 Å². The zero-order valence-electron chi connectivity index (χ0n) is 10.3. The zero-order chi connectivity index (χ0) is 13.8. The van der Waals surface area contributed by atoms with Gasteiger partial charge in [-0.15, -0.1) is 0 Å². The standard InChI is InChI=1S/C14H13Cl2NO2/c1-18-11-6-9(5-10(17)7-11)8-19-13-4-2-3-12(15)14(13)16/h2-7H,8,17H2,1H3. The molecule has 2 aromatic rings. The van der Waals surface area contributed by atoms with E-state index in [2.05, 4.69) is 0 Å². The Morgan fingerprint density at radius 3 is 2.68 bits per heavy atom. The van der Waals surface area contributed by atoms with E-state index in [0.717, 1.165) is 5.56 Å². The molecule has 0 bridgehead atoms. The Morgan fingerprint density at radius 2 is 1.95 bits per heavy atom. The first-order valence-electron chi connectivity index (χ1n) is 5.60. The minimum atomic E-state index is 0.335. The normalized spacial score (nSPS) is 10.3. The molecule has 0 saturated heterocycles. The summed E-state index contributed by atoms with van der Waals surface area (Å²) in [4.78, 5) is 0. The molecule has 0 aromatic heterocycles. The fourth-order valence-corrected chi connectivity index (χ4v) is 1.99. The molecule has 0 aliphatic heterocycles. The Labute approximate surface area is 121 Å². The summed E-state index contributed by atoms with van der Waals surface area (Å²) in [7, 11) is 1.59. The van der Waals surface area contributed by atoms with Gasteiger partial charge in [0.25, 0.3) is 0 Å². The van der Waals surface area contributed by atoms with Crippen LogP contribution in [0.3, 0.4) is 0 Å². The number of nitrogens with two attached hydrogens (primary N) is 1. The van der Waals surface area contributed by atoms with E-state index < -0.39 is 0 Å². The van der Waals surface area contributed by atoms with Gasteiger partial charge in [0.2, 0.25) is 0 Å². The van der Waals surface area contributed by atoms with Crippen molar-refractivity contribution in [1.82, 2.24) is 0 Å². The second-order valence-electron chi connectivity index (χ2n) is 3.96. The largest absolute Gasteiger partial charge is 0.497 e. The molecule has 0 atom stereocenters. The van der Waals surface area contributed by atoms with Gasteiger partial charge in [-0.25, -0.2) is 0 Å². The number of ether oxygens (including phenoxy) is 2. The minimum Gasteiger partial charge on any atom is -0.497 e. The molecule has 0 saturated carbocycles. The van der Waals surface area contributed by atoms with Gasteiger partial charge in [0, 0.05) is 11.8 Å². The van der Waals surface area contributed by atoms with Gasteiger partial charge >= 0.3 is 0 Å². The number of halogens is 2. The predicted octanol–water partition coefficient (Wildman–Crippen LogP) is 4.16. The first-order valence-corrected chi connectivity index (χ1v) is 6.36. The maximum absolute atomic E-state index is 6.04. The van der Waals surface area contributed by atoms with E-state index in [1.54, 1.807) is 31.4 Å². The number of rotatable bonds is 4. The SMILES string of the molecule is COc1cc(N)cc(COc2cccc(Cl)c2Cl)c1. The number of benzene rings is 2. The lowest BCUT2D eigenvalue weighted by molar-refractivity contribution is 0.305. The maximum Gasteiger partial charge on any atom is 0.139 e. The first kappa shape index (κ1) is 13.8. The van der Waals surface area contributed by atoms with Gasteiger partial charge in [-0.05, 0) is 29.8 Å². The van der Waals surface area contributed by atoms with Gasteiger partial charge in [-0.2, -0.15) is 0 Å². The van der Waals surface area contributed by atoms with Crippen LogP contribution >= 0.6 is 23.2 Å². The van der Waals surface area contributed by atoms with Crippen LogP contribution in [0, 0.1) is 0 Å². The Bertz CT molecular complexity index is 588. The third kappa shape index (κ3) is 3.46. The van der Waals surface area contributed by atoms with Crippen molar-refractivity contribution in [3.8, 4) is 11.5 Å². The molecule has 3 nitrogen and oxygen atoms in total. The summed E-state index contributed by atoms with van der Waals surface area (Å²) >= 11 is 12.0. The Kier molecular flexibility index (Phi) is 4.40. The highest BCUT2D eigenvalue weighted by atomic mass is 35.5. The Hall–Kier alpha value is -1.58. The van der Waals surface area contributed by atoms with Crippen LogP contribution in [0.4, 0.5) is 5.69 Å². The molecule has 2 rings (SSSR count). The molecule has 0 aliphatic rings. The number of anilines is 1. The Morgan fingerprint density at radius 1 is 1.16 bits per heavy atom. The molecule has 2 N–H and O–H groups in total. The number of methoxy groups -OCH3 is 1. The molecule has 19 heavy (non-hydrogen) atoms. The second kappa shape index (κ2) is 6.04. The van der Waals surface area contributed by atoms with Gasteiger partial charge in [0.05, 0.1) is 12.1 Å². The highest BCUT2D eigenvalue weighted by molar-refractivity contribution is 6.42. The Balaban J connectivity index is 2.14. The van der Waals surface area contributed by atoms with Crippen LogP contribution in [0.2, 0.25) is 10.0 Å². The van der Waals surface area contributed by atoms with Gasteiger partial charge in [0.15, 0.2) is 0 Å². The number of nitrogen functional groups attached to an aromatic ring is 1. The van der Waals surface area contributed by atoms with E-state index in [4.69, 9.17) is 38.4 Å². The molecule has 0 unspecified atom stereocenters. The van der Waals surface area contributed by atoms with E-state index in [9.17, 15) is 0 Å². The average Bonchev–Trinajstić information content (AvgIpc) is 2.40. The fraction of sp³-hybridized carbons (Fsp3) is 0.143. The molecule has 100 valence electrons. The van der Waals surface area contributed by atoms with E-state index in [-0.39, 0.29) is 0 Å². The van der Waals surface area contributed by atoms with E-state index >= 15 is 0 Å². The molecule has 0 amide bonds. The molecular weight excluding hydrogens is 285 g/mol. The van der Waals surface area contributed by atoms with Crippen molar-refractivity contribution in [2.75, 3.05) is 12.8 Å². The van der Waals surface area contributed by atoms with Crippen LogP contribution in [-0.4, -0.2) is 7.11 Å². The molecular formula is C14H13Cl2NO2. The molecule has 0 aliphatic carbocycles. The smallest absolute Gasteiger partial charge is 0.139 e. The topological polar surface area (TPSA) is 44.5 Å². The summed E-state index contributed by atoms with van der Waals surface area (Å²) in [6, 6.07) is 10.7. The van der Waals surface area contributed by atoms with Gasteiger partial charge in [0.1, 0.15) is 23.1 Å². The first-order chi connectivity index (χ1) is 9.10. The second-order valence-corrected chi connectivity index (χ2v) is 4.74. The molecule has 2 aromatic carbocycles. The van der Waals surface area contributed by atoms with Crippen LogP contribution in [0.1, 0.15) is 5.56 Å². The monoisotopic (exact) mass is 297 g/mol. The van der Waals surface area contributed by atoms with E-state index in [1.807, 2.05) is 12.1 Å². The average molecular weight is 298 g/mol. The van der Waals surface area contributed by atoms with E-state index in [1.165, 1.54) is 0 Å². The quantitative estimate of drug-likeness (QED) is 0.862. The molecule has 0 radical (unpaired) electrons. The van der Waals surface area contributed by atoms with Crippen molar-refractivity contribution in [3.63, 3.8) is 0 Å².